The maximum absolute atomic E-state index is 5.82. The summed E-state index contributed by atoms with van der Waals surface area (Å²) in [6, 6.07) is 9.98. The molecule has 2 heterocycles. The summed E-state index contributed by atoms with van der Waals surface area (Å²) in [6.07, 6.45) is 2.83. The fourth-order valence-electron chi connectivity index (χ4n) is 2.06. The number of ether oxygens (including phenoxy) is 1. The molecule has 0 unspecified atom stereocenters. The van der Waals surface area contributed by atoms with Gasteiger partial charge in [0.05, 0.1) is 0 Å². The second-order valence-corrected chi connectivity index (χ2v) is 4.23. The molecule has 1 aliphatic rings. The van der Waals surface area contributed by atoms with Crippen LogP contribution in [0.3, 0.4) is 0 Å². The van der Waals surface area contributed by atoms with Crippen molar-refractivity contribution >= 4 is 5.69 Å². The first-order chi connectivity index (χ1) is 8.31. The molecule has 3 heteroatoms. The molecule has 3 nitrogen and oxygen atoms in total. The van der Waals surface area contributed by atoms with Crippen molar-refractivity contribution in [3.63, 3.8) is 0 Å². The topological polar surface area (TPSA) is 34.1 Å². The van der Waals surface area contributed by atoms with Crippen molar-refractivity contribution in [1.29, 1.82) is 0 Å². The van der Waals surface area contributed by atoms with E-state index in [1.165, 1.54) is 11.3 Å². The summed E-state index contributed by atoms with van der Waals surface area (Å²) in [4.78, 5) is 4.15. The van der Waals surface area contributed by atoms with Gasteiger partial charge in [0.15, 0.2) is 0 Å². The van der Waals surface area contributed by atoms with Gasteiger partial charge in [-0.2, -0.15) is 0 Å². The molecule has 0 amide bonds. The third-order valence-corrected chi connectivity index (χ3v) is 2.89. The van der Waals surface area contributed by atoms with E-state index in [-0.39, 0.29) is 0 Å². The molecule has 0 saturated carbocycles. The smallest absolute Gasteiger partial charge is 0.130 e. The van der Waals surface area contributed by atoms with Crippen LogP contribution in [0.1, 0.15) is 11.3 Å². The first kappa shape index (κ1) is 10.1. The Kier molecular flexibility index (Phi) is 2.44. The van der Waals surface area contributed by atoms with Crippen molar-refractivity contribution in [3.8, 4) is 11.5 Å². The number of aryl methyl sites for hydroxylation is 1. The lowest BCUT2D eigenvalue weighted by atomic mass is 10.1. The standard InChI is InChI=1S/C14H14N2O/c1-10-8-13(5-7-15-10)17-12-2-3-14-11(9-12)4-6-16-14/h2-3,5,7-9,16H,4,6H2,1H3. The minimum Gasteiger partial charge on any atom is -0.457 e. The van der Waals surface area contributed by atoms with E-state index in [4.69, 9.17) is 4.74 Å². The van der Waals surface area contributed by atoms with Gasteiger partial charge >= 0.3 is 0 Å². The van der Waals surface area contributed by atoms with Crippen molar-refractivity contribution in [1.82, 2.24) is 4.98 Å². The molecule has 1 aliphatic heterocycles. The van der Waals surface area contributed by atoms with Gasteiger partial charge in [-0.15, -0.1) is 0 Å². The maximum Gasteiger partial charge on any atom is 0.130 e. The Morgan fingerprint density at radius 1 is 1.18 bits per heavy atom. The molecule has 0 aliphatic carbocycles. The van der Waals surface area contributed by atoms with Gasteiger partial charge in [-0.3, -0.25) is 4.98 Å². The van der Waals surface area contributed by atoms with Gasteiger partial charge in [-0.05, 0) is 43.2 Å². The van der Waals surface area contributed by atoms with Crippen molar-refractivity contribution in [2.24, 2.45) is 0 Å². The third kappa shape index (κ3) is 2.09. The summed E-state index contributed by atoms with van der Waals surface area (Å²) in [5.41, 5.74) is 3.52. The molecular weight excluding hydrogens is 212 g/mol. The number of fused-ring (bicyclic) bond motifs is 1. The van der Waals surface area contributed by atoms with E-state index < -0.39 is 0 Å². The number of nitrogens with zero attached hydrogens (tertiary/aromatic N) is 1. The number of hydrogen-bond acceptors (Lipinski definition) is 3. The van der Waals surface area contributed by atoms with Gasteiger partial charge in [-0.1, -0.05) is 0 Å². The van der Waals surface area contributed by atoms with E-state index >= 15 is 0 Å². The lowest BCUT2D eigenvalue weighted by Crippen LogP contribution is -1.90. The molecule has 3 rings (SSSR count). The summed E-state index contributed by atoms with van der Waals surface area (Å²) >= 11 is 0. The van der Waals surface area contributed by atoms with Crippen LogP contribution in [0.2, 0.25) is 0 Å². The Morgan fingerprint density at radius 3 is 2.94 bits per heavy atom. The average molecular weight is 226 g/mol. The predicted octanol–water partition coefficient (Wildman–Crippen LogP) is 3.15. The highest BCUT2D eigenvalue weighted by Crippen LogP contribution is 2.29. The maximum atomic E-state index is 5.82. The predicted molar refractivity (Wildman–Crippen MR) is 67.7 cm³/mol. The summed E-state index contributed by atoms with van der Waals surface area (Å²) < 4.78 is 5.82. The molecule has 2 aromatic rings. The van der Waals surface area contributed by atoms with Gasteiger partial charge in [0, 0.05) is 30.2 Å². The number of pyridine rings is 1. The highest BCUT2D eigenvalue weighted by atomic mass is 16.5. The number of hydrogen-bond donors (Lipinski definition) is 1. The third-order valence-electron chi connectivity index (χ3n) is 2.89. The van der Waals surface area contributed by atoms with Crippen LogP contribution in [-0.2, 0) is 6.42 Å². The first-order valence-electron chi connectivity index (χ1n) is 5.78. The molecule has 0 fully saturated rings. The van der Waals surface area contributed by atoms with Crippen LogP contribution in [0, 0.1) is 6.92 Å². The summed E-state index contributed by atoms with van der Waals surface area (Å²) in [6.45, 7) is 2.98. The molecule has 0 atom stereocenters. The lowest BCUT2D eigenvalue weighted by Gasteiger charge is -2.07. The van der Waals surface area contributed by atoms with Gasteiger partial charge < -0.3 is 10.1 Å². The molecule has 1 aromatic heterocycles. The molecular formula is C14H14N2O. The Balaban J connectivity index is 1.86. The molecule has 0 bridgehead atoms. The second-order valence-electron chi connectivity index (χ2n) is 4.23. The fraction of sp³-hybridized carbons (Fsp3) is 0.214. The zero-order valence-corrected chi connectivity index (χ0v) is 9.73. The average Bonchev–Trinajstić information content (AvgIpc) is 2.76. The minimum atomic E-state index is 0.836. The van der Waals surface area contributed by atoms with Gasteiger partial charge in [-0.25, -0.2) is 0 Å². The van der Waals surface area contributed by atoms with Gasteiger partial charge in [0.1, 0.15) is 11.5 Å². The second kappa shape index (κ2) is 4.09. The molecule has 17 heavy (non-hydrogen) atoms. The van der Waals surface area contributed by atoms with E-state index in [0.717, 1.165) is 30.2 Å². The van der Waals surface area contributed by atoms with E-state index in [0.29, 0.717) is 0 Å². The van der Waals surface area contributed by atoms with Crippen LogP contribution in [0.4, 0.5) is 5.69 Å². The highest BCUT2D eigenvalue weighted by molar-refractivity contribution is 5.58. The van der Waals surface area contributed by atoms with E-state index in [2.05, 4.69) is 22.4 Å². The van der Waals surface area contributed by atoms with Crippen molar-refractivity contribution < 1.29 is 4.74 Å². The first-order valence-corrected chi connectivity index (χ1v) is 5.78. The molecule has 0 radical (unpaired) electrons. The van der Waals surface area contributed by atoms with Crippen molar-refractivity contribution in [2.75, 3.05) is 11.9 Å². The molecule has 0 spiro atoms. The van der Waals surface area contributed by atoms with E-state index in [9.17, 15) is 0 Å². The summed E-state index contributed by atoms with van der Waals surface area (Å²) in [5.74, 6) is 1.72. The number of aromatic nitrogens is 1. The van der Waals surface area contributed by atoms with Crippen LogP contribution in [0.5, 0.6) is 11.5 Å². The SMILES string of the molecule is Cc1cc(Oc2ccc3c(c2)CCN3)ccn1. The zero-order chi connectivity index (χ0) is 11.7. The summed E-state index contributed by atoms with van der Waals surface area (Å²) in [5, 5.41) is 3.33. The van der Waals surface area contributed by atoms with Crippen molar-refractivity contribution in [2.45, 2.75) is 13.3 Å². The molecule has 0 saturated heterocycles. The Labute approximate surface area is 100 Å². The largest absolute Gasteiger partial charge is 0.457 e. The van der Waals surface area contributed by atoms with Crippen LogP contribution < -0.4 is 10.1 Å². The molecule has 1 aromatic carbocycles. The normalized spacial score (nSPS) is 13.0. The highest BCUT2D eigenvalue weighted by Gasteiger charge is 2.10. The number of anilines is 1. The van der Waals surface area contributed by atoms with E-state index in [1.807, 2.05) is 25.1 Å². The van der Waals surface area contributed by atoms with E-state index in [1.54, 1.807) is 6.20 Å². The quantitative estimate of drug-likeness (QED) is 0.854. The minimum absolute atomic E-state index is 0.836. The van der Waals surface area contributed by atoms with Crippen LogP contribution >= 0.6 is 0 Å². The van der Waals surface area contributed by atoms with Crippen LogP contribution in [0.25, 0.3) is 0 Å². The Hall–Kier alpha value is -2.03. The van der Waals surface area contributed by atoms with Gasteiger partial charge in [0.2, 0.25) is 0 Å². The van der Waals surface area contributed by atoms with Crippen LogP contribution in [0.15, 0.2) is 36.5 Å². The zero-order valence-electron chi connectivity index (χ0n) is 9.73. The van der Waals surface area contributed by atoms with Crippen molar-refractivity contribution in [3.05, 3.63) is 47.8 Å². The number of nitrogens with one attached hydrogen (secondary N) is 1. The molecule has 86 valence electrons. The summed E-state index contributed by atoms with van der Waals surface area (Å²) in [7, 11) is 0. The lowest BCUT2D eigenvalue weighted by molar-refractivity contribution is 0.481. The van der Waals surface area contributed by atoms with Gasteiger partial charge in [0.25, 0.3) is 0 Å². The number of benzene rings is 1. The Morgan fingerprint density at radius 2 is 2.06 bits per heavy atom. The van der Waals surface area contributed by atoms with Crippen LogP contribution in [-0.4, -0.2) is 11.5 Å². The molecule has 1 N–H and O–H groups in total. The number of rotatable bonds is 2. The Bertz CT molecular complexity index is 552. The fourth-order valence-corrected chi connectivity index (χ4v) is 2.06. The monoisotopic (exact) mass is 226 g/mol.